The van der Waals surface area contributed by atoms with Crippen LogP contribution in [0.1, 0.15) is 12.8 Å². The minimum Gasteiger partial charge on any atom is -0.391 e. The minimum absolute atomic E-state index is 0.192. The largest absolute Gasteiger partial charge is 0.391 e. The van der Waals surface area contributed by atoms with E-state index in [9.17, 15) is 5.11 Å². The van der Waals surface area contributed by atoms with E-state index in [4.69, 9.17) is 0 Å². The molecule has 1 aromatic rings. The molecule has 0 bridgehead atoms. The lowest BCUT2D eigenvalue weighted by molar-refractivity contribution is 0.154. The first-order valence-electron chi connectivity index (χ1n) is 4.79. The van der Waals surface area contributed by atoms with Crippen molar-refractivity contribution in [1.29, 1.82) is 0 Å². The van der Waals surface area contributed by atoms with Crippen LogP contribution in [-0.4, -0.2) is 29.3 Å². The van der Waals surface area contributed by atoms with Gasteiger partial charge in [0.25, 0.3) is 0 Å². The predicted molar refractivity (Wildman–Crippen MR) is 59.4 cm³/mol. The molecular weight excluding hydrogens is 244 g/mol. The van der Waals surface area contributed by atoms with Gasteiger partial charge in [-0.25, -0.2) is 0 Å². The first kappa shape index (κ1) is 9.93. The zero-order chi connectivity index (χ0) is 9.97. The first-order chi connectivity index (χ1) is 6.75. The molecule has 1 aliphatic rings. The smallest absolute Gasteiger partial charge is 0.0715 e. The second-order valence-corrected chi connectivity index (χ2v) is 4.52. The van der Waals surface area contributed by atoms with Crippen molar-refractivity contribution in [2.45, 2.75) is 18.9 Å². The number of aromatic nitrogens is 1. The van der Waals surface area contributed by atoms with Crippen molar-refractivity contribution in [3.63, 3.8) is 0 Å². The van der Waals surface area contributed by atoms with Crippen molar-refractivity contribution >= 4 is 21.6 Å². The predicted octanol–water partition coefficient (Wildman–Crippen LogP) is 1.81. The molecule has 0 radical (unpaired) electrons. The monoisotopic (exact) mass is 256 g/mol. The third-order valence-corrected chi connectivity index (χ3v) is 2.89. The Morgan fingerprint density at radius 2 is 2.36 bits per heavy atom. The summed E-state index contributed by atoms with van der Waals surface area (Å²) in [6, 6.07) is 2.03. The number of hydrogen-bond acceptors (Lipinski definition) is 3. The van der Waals surface area contributed by atoms with Crippen molar-refractivity contribution in [2.75, 3.05) is 18.0 Å². The van der Waals surface area contributed by atoms with Crippen LogP contribution in [0.4, 0.5) is 5.69 Å². The fourth-order valence-corrected chi connectivity index (χ4v) is 2.12. The molecule has 1 atom stereocenters. The summed E-state index contributed by atoms with van der Waals surface area (Å²) < 4.78 is 0.982. The van der Waals surface area contributed by atoms with E-state index in [1.165, 1.54) is 0 Å². The molecule has 0 aliphatic carbocycles. The second kappa shape index (κ2) is 4.28. The summed E-state index contributed by atoms with van der Waals surface area (Å²) >= 11 is 3.39. The van der Waals surface area contributed by atoms with Gasteiger partial charge in [-0.15, -0.1) is 0 Å². The van der Waals surface area contributed by atoms with Crippen LogP contribution in [-0.2, 0) is 0 Å². The lowest BCUT2D eigenvalue weighted by atomic mass is 10.1. The summed E-state index contributed by atoms with van der Waals surface area (Å²) in [6.45, 7) is 1.73. The summed E-state index contributed by atoms with van der Waals surface area (Å²) in [5.41, 5.74) is 1.08. The van der Waals surface area contributed by atoms with Crippen LogP contribution in [0.15, 0.2) is 22.9 Å². The normalized spacial score (nSPS) is 22.4. The lowest BCUT2D eigenvalue weighted by Gasteiger charge is -2.31. The maximum atomic E-state index is 9.54. The summed E-state index contributed by atoms with van der Waals surface area (Å²) in [5, 5.41) is 9.54. The number of halogens is 1. The molecule has 76 valence electrons. The first-order valence-corrected chi connectivity index (χ1v) is 5.58. The third kappa shape index (κ3) is 2.25. The lowest BCUT2D eigenvalue weighted by Crippen LogP contribution is -2.38. The molecule has 2 rings (SSSR count). The van der Waals surface area contributed by atoms with Gasteiger partial charge in [-0.3, -0.25) is 4.98 Å². The number of aliphatic hydroxyl groups is 1. The Morgan fingerprint density at radius 1 is 1.50 bits per heavy atom. The van der Waals surface area contributed by atoms with E-state index >= 15 is 0 Å². The Morgan fingerprint density at radius 3 is 3.07 bits per heavy atom. The fraction of sp³-hybridized carbons (Fsp3) is 0.500. The highest BCUT2D eigenvalue weighted by molar-refractivity contribution is 9.10. The van der Waals surface area contributed by atoms with E-state index in [1.807, 2.05) is 12.3 Å². The van der Waals surface area contributed by atoms with Gasteiger partial charge in [0.05, 0.1) is 18.0 Å². The second-order valence-electron chi connectivity index (χ2n) is 3.60. The summed E-state index contributed by atoms with van der Waals surface area (Å²) in [6.07, 6.45) is 5.38. The Balaban J connectivity index is 2.14. The highest BCUT2D eigenvalue weighted by Crippen LogP contribution is 2.21. The number of piperidine rings is 1. The molecule has 1 aromatic heterocycles. The van der Waals surface area contributed by atoms with Gasteiger partial charge in [-0.05, 0) is 34.8 Å². The number of rotatable bonds is 1. The van der Waals surface area contributed by atoms with Crippen LogP contribution >= 0.6 is 15.9 Å². The Bertz CT molecular complexity index is 319. The summed E-state index contributed by atoms with van der Waals surface area (Å²) in [5.74, 6) is 0. The average molecular weight is 257 g/mol. The van der Waals surface area contributed by atoms with Crippen LogP contribution in [0.5, 0.6) is 0 Å². The van der Waals surface area contributed by atoms with Crippen LogP contribution in [0, 0.1) is 0 Å². The van der Waals surface area contributed by atoms with Crippen molar-refractivity contribution < 1.29 is 5.11 Å². The van der Waals surface area contributed by atoms with Crippen LogP contribution in [0.3, 0.4) is 0 Å². The molecule has 1 saturated heterocycles. The SMILES string of the molecule is OC1CCCN(c2cncc(Br)c2)C1. The van der Waals surface area contributed by atoms with Gasteiger partial charge in [0.2, 0.25) is 0 Å². The molecule has 4 heteroatoms. The van der Waals surface area contributed by atoms with E-state index < -0.39 is 0 Å². The molecule has 1 aliphatic heterocycles. The molecule has 3 nitrogen and oxygen atoms in total. The molecule has 14 heavy (non-hydrogen) atoms. The highest BCUT2D eigenvalue weighted by Gasteiger charge is 2.17. The number of nitrogens with zero attached hydrogens (tertiary/aromatic N) is 2. The van der Waals surface area contributed by atoms with Crippen molar-refractivity contribution in [3.8, 4) is 0 Å². The zero-order valence-corrected chi connectivity index (χ0v) is 9.44. The van der Waals surface area contributed by atoms with E-state index in [0.717, 1.165) is 36.1 Å². The topological polar surface area (TPSA) is 36.4 Å². The number of β-amino-alcohol motifs (C(OH)–C–C–N with tert-alkyl or cyclic N) is 1. The van der Waals surface area contributed by atoms with Gasteiger partial charge in [-0.1, -0.05) is 0 Å². The molecule has 1 fully saturated rings. The highest BCUT2D eigenvalue weighted by atomic mass is 79.9. The van der Waals surface area contributed by atoms with Crippen LogP contribution < -0.4 is 4.90 Å². The minimum atomic E-state index is -0.192. The molecule has 0 saturated carbocycles. The van der Waals surface area contributed by atoms with E-state index in [2.05, 4.69) is 25.8 Å². The molecule has 2 heterocycles. The van der Waals surface area contributed by atoms with Crippen LogP contribution in [0.2, 0.25) is 0 Å². The van der Waals surface area contributed by atoms with E-state index in [1.54, 1.807) is 6.20 Å². The Kier molecular flexibility index (Phi) is 3.03. The number of anilines is 1. The van der Waals surface area contributed by atoms with E-state index in [-0.39, 0.29) is 6.10 Å². The molecule has 0 amide bonds. The quantitative estimate of drug-likeness (QED) is 0.833. The Hall–Kier alpha value is -0.610. The molecule has 0 aromatic carbocycles. The average Bonchev–Trinajstić information content (AvgIpc) is 2.18. The molecular formula is C10H13BrN2O. The number of pyridine rings is 1. The van der Waals surface area contributed by atoms with E-state index in [0.29, 0.717) is 0 Å². The molecule has 0 spiro atoms. The summed E-state index contributed by atoms with van der Waals surface area (Å²) in [7, 11) is 0. The number of aliphatic hydroxyl groups excluding tert-OH is 1. The van der Waals surface area contributed by atoms with Gasteiger partial charge in [-0.2, -0.15) is 0 Å². The maximum Gasteiger partial charge on any atom is 0.0715 e. The molecule has 1 unspecified atom stereocenters. The maximum absolute atomic E-state index is 9.54. The van der Waals surface area contributed by atoms with Crippen molar-refractivity contribution in [3.05, 3.63) is 22.9 Å². The van der Waals surface area contributed by atoms with Gasteiger partial charge in [0.15, 0.2) is 0 Å². The Labute approximate surface area is 91.9 Å². The number of hydrogen-bond donors (Lipinski definition) is 1. The molecule has 1 N–H and O–H groups in total. The van der Waals surface area contributed by atoms with Gasteiger partial charge in [0.1, 0.15) is 0 Å². The zero-order valence-electron chi connectivity index (χ0n) is 7.86. The van der Waals surface area contributed by atoms with Crippen molar-refractivity contribution in [2.24, 2.45) is 0 Å². The van der Waals surface area contributed by atoms with Crippen molar-refractivity contribution in [1.82, 2.24) is 4.98 Å². The van der Waals surface area contributed by atoms with Crippen LogP contribution in [0.25, 0.3) is 0 Å². The van der Waals surface area contributed by atoms with Gasteiger partial charge >= 0.3 is 0 Å². The van der Waals surface area contributed by atoms with Gasteiger partial charge in [0, 0.05) is 23.8 Å². The van der Waals surface area contributed by atoms with Gasteiger partial charge < -0.3 is 10.0 Å². The fourth-order valence-electron chi connectivity index (χ4n) is 1.76. The summed E-state index contributed by atoms with van der Waals surface area (Å²) in [4.78, 5) is 6.29. The third-order valence-electron chi connectivity index (χ3n) is 2.45. The standard InChI is InChI=1S/C10H13BrN2O/c11-8-4-9(6-12-5-8)13-3-1-2-10(14)7-13/h4-6,10,14H,1-3,7H2.